The molecule has 0 radical (unpaired) electrons. The van der Waals surface area contributed by atoms with Crippen LogP contribution >= 0.6 is 0 Å². The van der Waals surface area contributed by atoms with E-state index in [1.54, 1.807) is 18.2 Å². The topological polar surface area (TPSA) is 113 Å². The molecule has 0 saturated carbocycles. The van der Waals surface area contributed by atoms with Crippen LogP contribution in [-0.2, 0) is 4.79 Å². The number of amides is 1. The summed E-state index contributed by atoms with van der Waals surface area (Å²) in [6.45, 7) is 14.1. The summed E-state index contributed by atoms with van der Waals surface area (Å²) >= 11 is 0. The van der Waals surface area contributed by atoms with E-state index in [1.807, 2.05) is 40.7 Å². The molecule has 6 heteroatoms. The molecule has 2 atom stereocenters. The van der Waals surface area contributed by atoms with Gasteiger partial charge in [0.2, 0.25) is 5.91 Å². The van der Waals surface area contributed by atoms with E-state index in [9.17, 15) is 4.79 Å². The minimum absolute atomic E-state index is 0.0902. The summed E-state index contributed by atoms with van der Waals surface area (Å²) in [6.07, 6.45) is 7.17. The van der Waals surface area contributed by atoms with E-state index >= 15 is 0 Å². The third kappa shape index (κ3) is 15.4. The smallest absolute Gasteiger partial charge is 0.241 e. The summed E-state index contributed by atoms with van der Waals surface area (Å²) in [4.78, 5) is 12.1. The van der Waals surface area contributed by atoms with Gasteiger partial charge in [0.25, 0.3) is 0 Å². The van der Waals surface area contributed by atoms with Crippen LogP contribution in [-0.4, -0.2) is 42.8 Å². The molecule has 142 valence electrons. The van der Waals surface area contributed by atoms with Crippen LogP contribution in [0.3, 0.4) is 0 Å². The lowest BCUT2D eigenvalue weighted by molar-refractivity contribution is -0.122. The van der Waals surface area contributed by atoms with Gasteiger partial charge in [0, 0.05) is 31.4 Å². The number of nitrogens with one attached hydrogen (secondary N) is 2. The van der Waals surface area contributed by atoms with E-state index < -0.39 is 6.04 Å². The predicted octanol–water partition coefficient (Wildman–Crippen LogP) is 1.43. The third-order valence-corrected chi connectivity index (χ3v) is 2.57. The van der Waals surface area contributed by atoms with Crippen LogP contribution in [0.25, 0.3) is 0 Å². The normalized spacial score (nSPS) is 13.1. The number of carbonyl (C=O) groups excluding carboxylic acids is 1. The fourth-order valence-electron chi connectivity index (χ4n) is 1.51. The van der Waals surface area contributed by atoms with Crippen LogP contribution in [0.1, 0.15) is 41.0 Å². The number of rotatable bonds is 10. The molecule has 0 aliphatic rings. The number of aliphatic hydroxyl groups is 1. The van der Waals surface area contributed by atoms with E-state index in [2.05, 4.69) is 17.2 Å². The Labute approximate surface area is 148 Å². The molecule has 1 amide bonds. The van der Waals surface area contributed by atoms with Gasteiger partial charge in [0.05, 0.1) is 6.04 Å². The van der Waals surface area contributed by atoms with Crippen LogP contribution in [0.2, 0.25) is 0 Å². The second-order valence-electron chi connectivity index (χ2n) is 4.32. The summed E-state index contributed by atoms with van der Waals surface area (Å²) in [5, 5.41) is 14.8. The molecule has 6 nitrogen and oxygen atoms in total. The standard InChI is InChI=1S/C14H26N4O2.2C2H6/c1-3-5-12(6-4-2)18-14(20)13(7-8-19)17-10-11(16)9-15;2*1-2/h3-6,11,13,17,19H,1,7-10,15-16H2,2H3,(H,18,20);2*1-2H3/b6-4-,12-5+;;. The Kier molecular flexibility index (Phi) is 24.6. The first-order chi connectivity index (χ1) is 11.6. The van der Waals surface area contributed by atoms with Crippen molar-refractivity contribution in [3.05, 3.63) is 36.6 Å². The summed E-state index contributed by atoms with van der Waals surface area (Å²) < 4.78 is 0. The van der Waals surface area contributed by atoms with Gasteiger partial charge in [-0.3, -0.25) is 4.79 Å². The zero-order valence-electron chi connectivity index (χ0n) is 16.0. The lowest BCUT2D eigenvalue weighted by Gasteiger charge is -2.19. The molecule has 0 aromatic heterocycles. The number of hydrogen-bond acceptors (Lipinski definition) is 5. The Morgan fingerprint density at radius 2 is 1.88 bits per heavy atom. The SMILES string of the molecule is C=C/C=C(\C=C/C)NC(=O)C(CCO)NCC(N)CN.CC.CC. The molecule has 0 rings (SSSR count). The van der Waals surface area contributed by atoms with Crippen LogP contribution in [0, 0.1) is 0 Å². The fourth-order valence-corrected chi connectivity index (χ4v) is 1.51. The highest BCUT2D eigenvalue weighted by molar-refractivity contribution is 5.83. The van der Waals surface area contributed by atoms with E-state index in [4.69, 9.17) is 16.6 Å². The number of allylic oxidation sites excluding steroid dienone is 4. The quantitative estimate of drug-likeness (QED) is 0.385. The van der Waals surface area contributed by atoms with Crippen LogP contribution in [0.4, 0.5) is 0 Å². The number of carbonyl (C=O) groups is 1. The van der Waals surface area contributed by atoms with Gasteiger partial charge in [-0.05, 0) is 25.5 Å². The van der Waals surface area contributed by atoms with Gasteiger partial charge in [-0.1, -0.05) is 46.4 Å². The second-order valence-corrected chi connectivity index (χ2v) is 4.32. The molecular weight excluding hydrogens is 304 g/mol. The highest BCUT2D eigenvalue weighted by atomic mass is 16.3. The Hall–Kier alpha value is -1.47. The molecule has 2 unspecified atom stereocenters. The predicted molar refractivity (Wildman–Crippen MR) is 104 cm³/mol. The first-order valence-electron chi connectivity index (χ1n) is 8.65. The molecular formula is C18H38N4O2. The van der Waals surface area contributed by atoms with Crippen molar-refractivity contribution in [1.29, 1.82) is 0 Å². The van der Waals surface area contributed by atoms with Gasteiger partial charge in [-0.25, -0.2) is 0 Å². The first kappa shape index (κ1) is 27.4. The molecule has 0 spiro atoms. The second kappa shape index (κ2) is 21.5. The number of nitrogens with two attached hydrogens (primary N) is 2. The molecule has 0 aliphatic carbocycles. The first-order valence-corrected chi connectivity index (χ1v) is 8.65. The minimum atomic E-state index is -0.518. The van der Waals surface area contributed by atoms with Crippen molar-refractivity contribution in [2.45, 2.75) is 53.1 Å². The highest BCUT2D eigenvalue weighted by Crippen LogP contribution is 1.98. The maximum atomic E-state index is 12.1. The molecule has 0 bridgehead atoms. The maximum absolute atomic E-state index is 12.1. The van der Waals surface area contributed by atoms with Crippen molar-refractivity contribution < 1.29 is 9.90 Å². The largest absolute Gasteiger partial charge is 0.396 e. The Balaban J connectivity index is -0.00000102. The molecule has 24 heavy (non-hydrogen) atoms. The van der Waals surface area contributed by atoms with Crippen molar-refractivity contribution in [1.82, 2.24) is 10.6 Å². The Bertz CT molecular complexity index is 355. The molecule has 7 N–H and O–H groups in total. The van der Waals surface area contributed by atoms with E-state index in [-0.39, 0.29) is 18.6 Å². The summed E-state index contributed by atoms with van der Waals surface area (Å²) in [5.41, 5.74) is 11.8. The van der Waals surface area contributed by atoms with Crippen molar-refractivity contribution in [3.63, 3.8) is 0 Å². The third-order valence-electron chi connectivity index (χ3n) is 2.57. The summed E-state index contributed by atoms with van der Waals surface area (Å²) in [6, 6.07) is -0.737. The highest BCUT2D eigenvalue weighted by Gasteiger charge is 2.18. The molecule has 0 aromatic carbocycles. The van der Waals surface area contributed by atoms with Crippen molar-refractivity contribution in [2.24, 2.45) is 11.5 Å². The van der Waals surface area contributed by atoms with Crippen molar-refractivity contribution in [3.8, 4) is 0 Å². The lowest BCUT2D eigenvalue weighted by atomic mass is 10.1. The van der Waals surface area contributed by atoms with Gasteiger partial charge in [0.1, 0.15) is 0 Å². The van der Waals surface area contributed by atoms with Crippen molar-refractivity contribution >= 4 is 5.91 Å². The molecule has 0 aromatic rings. The summed E-state index contributed by atoms with van der Waals surface area (Å²) in [7, 11) is 0. The van der Waals surface area contributed by atoms with Gasteiger partial charge in [-0.15, -0.1) is 0 Å². The van der Waals surface area contributed by atoms with Crippen LogP contribution < -0.4 is 22.1 Å². The van der Waals surface area contributed by atoms with E-state index in [0.29, 0.717) is 25.2 Å². The van der Waals surface area contributed by atoms with Gasteiger partial charge in [-0.2, -0.15) is 0 Å². The summed E-state index contributed by atoms with van der Waals surface area (Å²) in [5.74, 6) is -0.227. The van der Waals surface area contributed by atoms with Crippen molar-refractivity contribution in [2.75, 3.05) is 19.7 Å². The zero-order valence-corrected chi connectivity index (χ0v) is 16.0. The van der Waals surface area contributed by atoms with E-state index in [1.165, 1.54) is 0 Å². The van der Waals surface area contributed by atoms with Crippen LogP contribution in [0.15, 0.2) is 36.6 Å². The van der Waals surface area contributed by atoms with E-state index in [0.717, 1.165) is 0 Å². The molecule has 0 fully saturated rings. The fraction of sp³-hybridized carbons (Fsp3) is 0.611. The maximum Gasteiger partial charge on any atom is 0.241 e. The molecule has 0 heterocycles. The number of hydrogen-bond donors (Lipinski definition) is 5. The van der Waals surface area contributed by atoms with Gasteiger partial charge >= 0.3 is 0 Å². The number of aliphatic hydroxyl groups excluding tert-OH is 1. The molecule has 0 aliphatic heterocycles. The van der Waals surface area contributed by atoms with Crippen LogP contribution in [0.5, 0.6) is 0 Å². The zero-order chi connectivity index (χ0) is 19.4. The van der Waals surface area contributed by atoms with Gasteiger partial charge in [0.15, 0.2) is 0 Å². The lowest BCUT2D eigenvalue weighted by Crippen LogP contribution is -2.49. The Morgan fingerprint density at radius 3 is 2.29 bits per heavy atom. The average molecular weight is 343 g/mol. The average Bonchev–Trinajstić information content (AvgIpc) is 2.62. The monoisotopic (exact) mass is 342 g/mol. The minimum Gasteiger partial charge on any atom is -0.396 e. The Morgan fingerprint density at radius 1 is 1.29 bits per heavy atom. The van der Waals surface area contributed by atoms with Gasteiger partial charge < -0.3 is 27.2 Å². The molecule has 0 saturated heterocycles.